The molecule has 0 saturated heterocycles. The lowest BCUT2D eigenvalue weighted by molar-refractivity contribution is 0.581. The van der Waals surface area contributed by atoms with Gasteiger partial charge in [-0.15, -0.1) is 0 Å². The second-order valence-corrected chi connectivity index (χ2v) is 5.31. The van der Waals surface area contributed by atoms with E-state index >= 15 is 0 Å². The first-order valence-corrected chi connectivity index (χ1v) is 6.83. The molecule has 0 spiro atoms. The summed E-state index contributed by atoms with van der Waals surface area (Å²) < 4.78 is 0. The Morgan fingerprint density at radius 1 is 1.21 bits per heavy atom. The van der Waals surface area contributed by atoms with Crippen LogP contribution in [0.3, 0.4) is 0 Å². The smallest absolute Gasteiger partial charge is 0.0422 e. The highest BCUT2D eigenvalue weighted by Gasteiger charge is 2.13. The summed E-state index contributed by atoms with van der Waals surface area (Å²) in [5, 5.41) is 4.13. The first-order chi connectivity index (χ1) is 9.10. The van der Waals surface area contributed by atoms with Crippen LogP contribution in [-0.2, 0) is 6.42 Å². The molecule has 0 saturated carbocycles. The van der Waals surface area contributed by atoms with Gasteiger partial charge < -0.3 is 5.32 Å². The van der Waals surface area contributed by atoms with E-state index in [2.05, 4.69) is 35.4 Å². The van der Waals surface area contributed by atoms with E-state index in [9.17, 15) is 0 Å². The molecule has 0 aliphatic carbocycles. The molecular formula is C16H19ClN2. The molecule has 2 nitrogen and oxygen atoms in total. The molecule has 1 aromatic heterocycles. The normalized spacial score (nSPS) is 12.4. The van der Waals surface area contributed by atoms with E-state index in [-0.39, 0.29) is 6.04 Å². The molecule has 1 unspecified atom stereocenters. The van der Waals surface area contributed by atoms with Gasteiger partial charge in [-0.2, -0.15) is 0 Å². The number of nitrogens with one attached hydrogen (secondary N) is 1. The average molecular weight is 275 g/mol. The molecule has 1 heterocycles. The third-order valence-electron chi connectivity index (χ3n) is 3.35. The maximum Gasteiger partial charge on any atom is 0.0422 e. The van der Waals surface area contributed by atoms with E-state index in [1.807, 2.05) is 32.3 Å². The van der Waals surface area contributed by atoms with Crippen molar-refractivity contribution in [2.75, 3.05) is 7.05 Å². The summed E-state index contributed by atoms with van der Waals surface area (Å²) >= 11 is 6.10. The largest absolute Gasteiger partial charge is 0.313 e. The molecule has 2 rings (SSSR count). The minimum atomic E-state index is 0.230. The summed E-state index contributed by atoms with van der Waals surface area (Å²) in [4.78, 5) is 4.47. The first-order valence-electron chi connectivity index (χ1n) is 6.45. The molecule has 0 amide bonds. The summed E-state index contributed by atoms with van der Waals surface area (Å²) in [6, 6.07) is 10.4. The van der Waals surface area contributed by atoms with Gasteiger partial charge in [0.2, 0.25) is 0 Å². The van der Waals surface area contributed by atoms with Gasteiger partial charge in [0, 0.05) is 29.4 Å². The minimum absolute atomic E-state index is 0.230. The Morgan fingerprint density at radius 2 is 2.00 bits per heavy atom. The highest BCUT2D eigenvalue weighted by atomic mass is 35.5. The molecule has 0 aliphatic rings. The van der Waals surface area contributed by atoms with Crippen LogP contribution in [0.4, 0.5) is 0 Å². The Hall–Kier alpha value is -1.38. The van der Waals surface area contributed by atoms with E-state index in [0.29, 0.717) is 0 Å². The summed E-state index contributed by atoms with van der Waals surface area (Å²) in [5.74, 6) is 0. The number of aromatic nitrogens is 1. The van der Waals surface area contributed by atoms with Crippen LogP contribution in [0.25, 0.3) is 0 Å². The molecule has 1 aromatic carbocycles. The van der Waals surface area contributed by atoms with Crippen molar-refractivity contribution in [1.29, 1.82) is 0 Å². The Labute approximate surface area is 119 Å². The number of pyridine rings is 1. The maximum atomic E-state index is 6.10. The van der Waals surface area contributed by atoms with Crippen LogP contribution in [0.15, 0.2) is 36.5 Å². The topological polar surface area (TPSA) is 24.9 Å². The predicted molar refractivity (Wildman–Crippen MR) is 80.7 cm³/mol. The number of benzene rings is 1. The molecule has 0 radical (unpaired) electrons. The fraction of sp³-hybridized carbons (Fsp3) is 0.312. The summed E-state index contributed by atoms with van der Waals surface area (Å²) in [7, 11) is 1.97. The van der Waals surface area contributed by atoms with Gasteiger partial charge in [0.25, 0.3) is 0 Å². The lowest BCUT2D eigenvalue weighted by Gasteiger charge is -2.19. The number of rotatable bonds is 4. The van der Waals surface area contributed by atoms with Crippen LogP contribution in [0.5, 0.6) is 0 Å². The van der Waals surface area contributed by atoms with E-state index in [1.54, 1.807) is 0 Å². The van der Waals surface area contributed by atoms with E-state index in [4.69, 9.17) is 11.6 Å². The number of halogens is 1. The fourth-order valence-corrected chi connectivity index (χ4v) is 2.36. The van der Waals surface area contributed by atoms with Gasteiger partial charge in [-0.3, -0.25) is 4.98 Å². The molecule has 1 atom stereocenters. The lowest BCUT2D eigenvalue weighted by atomic mass is 9.97. The van der Waals surface area contributed by atoms with Crippen LogP contribution in [0, 0.1) is 13.8 Å². The molecule has 0 bridgehead atoms. The van der Waals surface area contributed by atoms with E-state index in [1.165, 1.54) is 16.7 Å². The van der Waals surface area contributed by atoms with Crippen LogP contribution in [0.2, 0.25) is 5.02 Å². The summed E-state index contributed by atoms with van der Waals surface area (Å²) in [6.07, 6.45) is 2.77. The van der Waals surface area contributed by atoms with Crippen molar-refractivity contribution in [3.63, 3.8) is 0 Å². The molecule has 0 fully saturated rings. The van der Waals surface area contributed by atoms with Gasteiger partial charge >= 0.3 is 0 Å². The van der Waals surface area contributed by atoms with Crippen LogP contribution < -0.4 is 5.32 Å². The lowest BCUT2D eigenvalue weighted by Crippen LogP contribution is -2.20. The zero-order valence-electron chi connectivity index (χ0n) is 11.6. The molecule has 0 aliphatic heterocycles. The second kappa shape index (κ2) is 6.18. The zero-order valence-corrected chi connectivity index (χ0v) is 12.3. The number of hydrogen-bond acceptors (Lipinski definition) is 2. The van der Waals surface area contributed by atoms with Crippen molar-refractivity contribution >= 4 is 11.6 Å². The second-order valence-electron chi connectivity index (χ2n) is 4.87. The quantitative estimate of drug-likeness (QED) is 0.916. The van der Waals surface area contributed by atoms with Crippen molar-refractivity contribution in [3.8, 4) is 0 Å². The molecular weight excluding hydrogens is 256 g/mol. The predicted octanol–water partition coefficient (Wildman–Crippen LogP) is 3.86. The first kappa shape index (κ1) is 14.0. The van der Waals surface area contributed by atoms with Gasteiger partial charge in [0.15, 0.2) is 0 Å². The molecule has 2 aromatic rings. The fourth-order valence-electron chi connectivity index (χ4n) is 2.18. The highest BCUT2D eigenvalue weighted by Crippen LogP contribution is 2.24. The molecule has 3 heteroatoms. The van der Waals surface area contributed by atoms with Crippen molar-refractivity contribution in [1.82, 2.24) is 10.3 Å². The van der Waals surface area contributed by atoms with Crippen LogP contribution >= 0.6 is 11.6 Å². The maximum absolute atomic E-state index is 6.10. The number of aryl methyl sites for hydroxylation is 2. The van der Waals surface area contributed by atoms with Crippen molar-refractivity contribution < 1.29 is 0 Å². The molecule has 100 valence electrons. The standard InChI is InChI=1S/C16H19ClN2/c1-11-4-7-14(19-10-11)9-16(18-3)15-8-13(17)6-5-12(15)2/h4-8,10,16,18H,9H2,1-3H3. The van der Waals surface area contributed by atoms with Gasteiger partial charge in [0.05, 0.1) is 0 Å². The Morgan fingerprint density at radius 3 is 2.63 bits per heavy atom. The number of likely N-dealkylation sites (N-methyl/N-ethyl adjacent to an activating group) is 1. The summed E-state index contributed by atoms with van der Waals surface area (Å²) in [6.45, 7) is 4.16. The SMILES string of the molecule is CNC(Cc1ccc(C)cn1)c1cc(Cl)ccc1C. The van der Waals surface area contributed by atoms with E-state index in [0.717, 1.165) is 17.1 Å². The van der Waals surface area contributed by atoms with Gasteiger partial charge in [-0.25, -0.2) is 0 Å². The summed E-state index contributed by atoms with van der Waals surface area (Å²) in [5.41, 5.74) is 4.75. The van der Waals surface area contributed by atoms with Crippen molar-refractivity contribution in [2.45, 2.75) is 26.3 Å². The zero-order chi connectivity index (χ0) is 13.8. The van der Waals surface area contributed by atoms with Crippen LogP contribution in [-0.4, -0.2) is 12.0 Å². The molecule has 1 N–H and O–H groups in total. The van der Waals surface area contributed by atoms with E-state index < -0.39 is 0 Å². The minimum Gasteiger partial charge on any atom is -0.313 e. The van der Waals surface area contributed by atoms with Gasteiger partial charge in [0.1, 0.15) is 0 Å². The van der Waals surface area contributed by atoms with Gasteiger partial charge in [-0.05, 0) is 55.8 Å². The average Bonchev–Trinajstić information content (AvgIpc) is 2.41. The van der Waals surface area contributed by atoms with Crippen molar-refractivity contribution in [2.24, 2.45) is 0 Å². The third-order valence-corrected chi connectivity index (χ3v) is 3.59. The van der Waals surface area contributed by atoms with Crippen LogP contribution in [0.1, 0.15) is 28.4 Å². The third kappa shape index (κ3) is 3.55. The Bertz CT molecular complexity index is 549. The number of nitrogens with zero attached hydrogens (tertiary/aromatic N) is 1. The van der Waals surface area contributed by atoms with Crippen molar-refractivity contribution in [3.05, 3.63) is 63.9 Å². The Kier molecular flexibility index (Phi) is 4.56. The molecule has 19 heavy (non-hydrogen) atoms. The number of hydrogen-bond donors (Lipinski definition) is 1. The highest BCUT2D eigenvalue weighted by molar-refractivity contribution is 6.30. The monoisotopic (exact) mass is 274 g/mol. The Balaban J connectivity index is 2.24. The van der Waals surface area contributed by atoms with Gasteiger partial charge in [-0.1, -0.05) is 23.7 Å².